The molecule has 0 atom stereocenters. The second-order valence-electron chi connectivity index (χ2n) is 6.13. The first-order valence-corrected chi connectivity index (χ1v) is 9.20. The third kappa shape index (κ3) is 2.91. The second-order valence-corrected chi connectivity index (χ2v) is 7.33. The fraction of sp³-hybridized carbons (Fsp3) is 0.143. The van der Waals surface area contributed by atoms with E-state index in [-0.39, 0.29) is 0 Å². The molecule has 130 valence electrons. The van der Waals surface area contributed by atoms with E-state index in [9.17, 15) is 0 Å². The van der Waals surface area contributed by atoms with Crippen molar-refractivity contribution in [3.63, 3.8) is 0 Å². The molecule has 0 saturated heterocycles. The Morgan fingerprint density at radius 3 is 2.50 bits per heavy atom. The Balaban J connectivity index is 1.89. The summed E-state index contributed by atoms with van der Waals surface area (Å²) in [7, 11) is 1.67. The molecule has 2 aromatic carbocycles. The molecule has 0 fully saturated rings. The summed E-state index contributed by atoms with van der Waals surface area (Å²) in [5.74, 6) is 1.57. The van der Waals surface area contributed by atoms with Crippen LogP contribution in [0.1, 0.15) is 10.4 Å². The number of aromatic nitrogens is 2. The molecule has 0 aliphatic rings. The fourth-order valence-electron chi connectivity index (χ4n) is 3.08. The molecule has 5 heteroatoms. The number of methoxy groups -OCH3 is 1. The molecule has 0 unspecified atom stereocenters. The van der Waals surface area contributed by atoms with Crippen LogP contribution in [0.5, 0.6) is 5.75 Å². The number of benzene rings is 2. The van der Waals surface area contributed by atoms with Crippen molar-refractivity contribution >= 4 is 33.1 Å². The molecule has 0 aliphatic heterocycles. The van der Waals surface area contributed by atoms with Crippen LogP contribution < -0.4 is 10.1 Å². The number of hydrogen-bond acceptors (Lipinski definition) is 5. The average molecular weight is 361 g/mol. The Labute approximate surface area is 156 Å². The van der Waals surface area contributed by atoms with Gasteiger partial charge in [0.25, 0.3) is 0 Å². The Morgan fingerprint density at radius 2 is 1.73 bits per heavy atom. The van der Waals surface area contributed by atoms with Crippen molar-refractivity contribution in [1.29, 1.82) is 0 Å². The van der Waals surface area contributed by atoms with Crippen LogP contribution in [0, 0.1) is 13.8 Å². The number of thiophene rings is 1. The Morgan fingerprint density at radius 1 is 0.962 bits per heavy atom. The lowest BCUT2D eigenvalue weighted by atomic mass is 10.0. The van der Waals surface area contributed by atoms with Gasteiger partial charge >= 0.3 is 0 Å². The van der Waals surface area contributed by atoms with Gasteiger partial charge < -0.3 is 10.1 Å². The first-order chi connectivity index (χ1) is 12.7. The van der Waals surface area contributed by atoms with E-state index in [1.165, 1.54) is 21.6 Å². The maximum absolute atomic E-state index is 5.46. The molecular formula is C21H19N3OS. The lowest BCUT2D eigenvalue weighted by Gasteiger charge is -2.12. The van der Waals surface area contributed by atoms with Crippen LogP contribution in [0.3, 0.4) is 0 Å². The van der Waals surface area contributed by atoms with Crippen molar-refractivity contribution in [2.75, 3.05) is 12.4 Å². The lowest BCUT2D eigenvalue weighted by molar-refractivity contribution is 0.417. The van der Waals surface area contributed by atoms with Crippen LogP contribution in [0.2, 0.25) is 0 Å². The number of nitrogens with zero attached hydrogens (tertiary/aromatic N) is 2. The highest BCUT2D eigenvalue weighted by atomic mass is 32.1. The SMILES string of the molecule is COc1ccccc1Nc1ncnc2sc(C)c(-c3ccc(C)cc3)c12. The number of para-hydroxylation sites is 2. The average Bonchev–Trinajstić information content (AvgIpc) is 3.00. The van der Waals surface area contributed by atoms with Crippen molar-refractivity contribution in [3.05, 3.63) is 65.3 Å². The molecule has 0 amide bonds. The van der Waals surface area contributed by atoms with Crippen molar-refractivity contribution < 1.29 is 4.74 Å². The zero-order valence-corrected chi connectivity index (χ0v) is 15.7. The predicted octanol–water partition coefficient (Wildman–Crippen LogP) is 5.73. The van der Waals surface area contributed by atoms with Crippen LogP contribution in [0.4, 0.5) is 11.5 Å². The van der Waals surface area contributed by atoms with Gasteiger partial charge in [0.1, 0.15) is 22.7 Å². The summed E-state index contributed by atoms with van der Waals surface area (Å²) >= 11 is 1.69. The van der Waals surface area contributed by atoms with E-state index >= 15 is 0 Å². The number of anilines is 2. The lowest BCUT2D eigenvalue weighted by Crippen LogP contribution is -1.98. The topological polar surface area (TPSA) is 47.0 Å². The van der Waals surface area contributed by atoms with Crippen LogP contribution in [0.15, 0.2) is 54.9 Å². The summed E-state index contributed by atoms with van der Waals surface area (Å²) in [5, 5.41) is 4.48. The highest BCUT2D eigenvalue weighted by Crippen LogP contribution is 2.41. The standard InChI is InChI=1S/C21H19N3OS/c1-13-8-10-15(11-9-13)18-14(2)26-21-19(18)20(22-12-23-21)24-16-6-4-5-7-17(16)25-3/h4-12H,1-3H3,(H,22,23,24). The summed E-state index contributed by atoms with van der Waals surface area (Å²) < 4.78 is 5.46. The molecule has 2 aromatic heterocycles. The number of fused-ring (bicyclic) bond motifs is 1. The maximum Gasteiger partial charge on any atom is 0.143 e. The summed E-state index contributed by atoms with van der Waals surface area (Å²) in [4.78, 5) is 11.2. The number of aryl methyl sites for hydroxylation is 2. The van der Waals surface area contributed by atoms with Crippen LogP contribution >= 0.6 is 11.3 Å². The summed E-state index contributed by atoms with van der Waals surface area (Å²) in [5.41, 5.74) is 4.49. The Kier molecular flexibility index (Phi) is 4.31. The van der Waals surface area contributed by atoms with E-state index in [0.717, 1.165) is 27.5 Å². The van der Waals surface area contributed by atoms with Gasteiger partial charge in [0.15, 0.2) is 0 Å². The Bertz CT molecular complexity index is 1070. The van der Waals surface area contributed by atoms with Gasteiger partial charge in [-0.25, -0.2) is 9.97 Å². The number of hydrogen-bond donors (Lipinski definition) is 1. The van der Waals surface area contributed by atoms with Gasteiger partial charge in [-0.1, -0.05) is 42.0 Å². The molecule has 0 radical (unpaired) electrons. The molecule has 0 spiro atoms. The van der Waals surface area contributed by atoms with Crippen molar-refractivity contribution in [2.24, 2.45) is 0 Å². The summed E-state index contributed by atoms with van der Waals surface area (Å²) in [6.45, 7) is 4.23. The van der Waals surface area contributed by atoms with Gasteiger partial charge in [-0.05, 0) is 31.5 Å². The molecule has 1 N–H and O–H groups in total. The van der Waals surface area contributed by atoms with Gasteiger partial charge in [0, 0.05) is 10.4 Å². The number of rotatable bonds is 4. The first kappa shape index (κ1) is 16.5. The van der Waals surface area contributed by atoms with Crippen LogP contribution in [-0.4, -0.2) is 17.1 Å². The van der Waals surface area contributed by atoms with Crippen molar-refractivity contribution in [3.8, 4) is 16.9 Å². The molecule has 4 nitrogen and oxygen atoms in total. The van der Waals surface area contributed by atoms with Gasteiger partial charge in [0.05, 0.1) is 18.2 Å². The van der Waals surface area contributed by atoms with E-state index in [2.05, 4.69) is 53.4 Å². The number of nitrogens with one attached hydrogen (secondary N) is 1. The predicted molar refractivity (Wildman–Crippen MR) is 109 cm³/mol. The van der Waals surface area contributed by atoms with E-state index in [0.29, 0.717) is 0 Å². The van der Waals surface area contributed by atoms with E-state index in [4.69, 9.17) is 4.74 Å². The monoisotopic (exact) mass is 361 g/mol. The van der Waals surface area contributed by atoms with Gasteiger partial charge in [-0.2, -0.15) is 0 Å². The van der Waals surface area contributed by atoms with Crippen molar-refractivity contribution in [1.82, 2.24) is 9.97 Å². The molecule has 26 heavy (non-hydrogen) atoms. The normalized spacial score (nSPS) is 10.9. The molecule has 0 saturated carbocycles. The Hall–Kier alpha value is -2.92. The quantitative estimate of drug-likeness (QED) is 0.504. The molecule has 0 bridgehead atoms. The highest BCUT2D eigenvalue weighted by molar-refractivity contribution is 7.19. The van der Waals surface area contributed by atoms with Crippen LogP contribution in [0.25, 0.3) is 21.3 Å². The van der Waals surface area contributed by atoms with Crippen molar-refractivity contribution in [2.45, 2.75) is 13.8 Å². The third-order valence-electron chi connectivity index (χ3n) is 4.36. The third-order valence-corrected chi connectivity index (χ3v) is 5.38. The maximum atomic E-state index is 5.46. The van der Waals surface area contributed by atoms with E-state index < -0.39 is 0 Å². The largest absolute Gasteiger partial charge is 0.495 e. The number of ether oxygens (including phenoxy) is 1. The van der Waals surface area contributed by atoms with Gasteiger partial charge in [-0.15, -0.1) is 11.3 Å². The zero-order valence-electron chi connectivity index (χ0n) is 14.9. The van der Waals surface area contributed by atoms with Crippen LogP contribution in [-0.2, 0) is 0 Å². The van der Waals surface area contributed by atoms with E-state index in [1.54, 1.807) is 24.8 Å². The molecule has 0 aliphatic carbocycles. The van der Waals surface area contributed by atoms with Gasteiger partial charge in [-0.3, -0.25) is 0 Å². The summed E-state index contributed by atoms with van der Waals surface area (Å²) in [6.07, 6.45) is 1.61. The highest BCUT2D eigenvalue weighted by Gasteiger charge is 2.17. The molecule has 2 heterocycles. The molecule has 4 rings (SSSR count). The molecule has 4 aromatic rings. The fourth-order valence-corrected chi connectivity index (χ4v) is 4.09. The minimum Gasteiger partial charge on any atom is -0.495 e. The minimum atomic E-state index is 0.781. The smallest absolute Gasteiger partial charge is 0.143 e. The summed E-state index contributed by atoms with van der Waals surface area (Å²) in [6, 6.07) is 16.4. The molecular weight excluding hydrogens is 342 g/mol. The first-order valence-electron chi connectivity index (χ1n) is 8.38. The second kappa shape index (κ2) is 6.77. The van der Waals surface area contributed by atoms with Gasteiger partial charge in [0.2, 0.25) is 0 Å². The van der Waals surface area contributed by atoms with E-state index in [1.807, 2.05) is 24.3 Å². The minimum absolute atomic E-state index is 0.781. The zero-order chi connectivity index (χ0) is 18.1.